The second kappa shape index (κ2) is 7.63. The number of nitrogens with zero attached hydrogens (tertiary/aromatic N) is 4. The van der Waals surface area contributed by atoms with Gasteiger partial charge in [0.05, 0.1) is 24.0 Å². The molecule has 0 spiro atoms. The van der Waals surface area contributed by atoms with E-state index in [0.29, 0.717) is 25.9 Å². The third-order valence-electron chi connectivity index (χ3n) is 4.78. The highest BCUT2D eigenvalue weighted by Gasteiger charge is 2.36. The molecule has 3 rings (SSSR count). The van der Waals surface area contributed by atoms with E-state index in [1.54, 1.807) is 10.9 Å². The van der Waals surface area contributed by atoms with Crippen LogP contribution in [-0.2, 0) is 11.8 Å². The van der Waals surface area contributed by atoms with E-state index in [9.17, 15) is 14.0 Å². The summed E-state index contributed by atoms with van der Waals surface area (Å²) in [7, 11) is 1.83. The maximum Gasteiger partial charge on any atom is 0.254 e. The highest BCUT2D eigenvalue weighted by atomic mass is 19.1. The third kappa shape index (κ3) is 3.58. The molecular formula is C18H22FN5O2. The summed E-state index contributed by atoms with van der Waals surface area (Å²) >= 11 is 0. The summed E-state index contributed by atoms with van der Waals surface area (Å²) in [5, 5.41) is 7.01. The quantitative estimate of drug-likeness (QED) is 0.881. The number of carbonyl (C=O) groups excluding carboxylic acids is 2. The Labute approximate surface area is 151 Å². The summed E-state index contributed by atoms with van der Waals surface area (Å²) in [5.41, 5.74) is 0.911. The largest absolute Gasteiger partial charge is 0.352 e. The molecule has 1 aliphatic rings. The van der Waals surface area contributed by atoms with Gasteiger partial charge in [-0.25, -0.2) is 4.39 Å². The lowest BCUT2D eigenvalue weighted by molar-refractivity contribution is -0.138. The van der Waals surface area contributed by atoms with Crippen LogP contribution in [0, 0.1) is 11.7 Å². The second-order valence-corrected chi connectivity index (χ2v) is 6.44. The smallest absolute Gasteiger partial charge is 0.254 e. The zero-order chi connectivity index (χ0) is 18.7. The van der Waals surface area contributed by atoms with Gasteiger partial charge in [0.25, 0.3) is 5.91 Å². The van der Waals surface area contributed by atoms with Gasteiger partial charge in [0.1, 0.15) is 0 Å². The van der Waals surface area contributed by atoms with Crippen molar-refractivity contribution in [3.05, 3.63) is 47.8 Å². The van der Waals surface area contributed by atoms with Gasteiger partial charge in [0.2, 0.25) is 5.91 Å². The van der Waals surface area contributed by atoms with E-state index in [1.165, 1.54) is 12.3 Å². The monoisotopic (exact) mass is 359 g/mol. The fourth-order valence-electron chi connectivity index (χ4n) is 3.53. The van der Waals surface area contributed by atoms with Gasteiger partial charge in [-0.05, 0) is 19.4 Å². The zero-order valence-corrected chi connectivity index (χ0v) is 14.9. The maximum atomic E-state index is 13.7. The van der Waals surface area contributed by atoms with Crippen LogP contribution in [0.1, 0.15) is 41.7 Å². The van der Waals surface area contributed by atoms with Gasteiger partial charge in [0, 0.05) is 50.4 Å². The number of halogens is 1. The summed E-state index contributed by atoms with van der Waals surface area (Å²) in [6.45, 7) is 2.88. The topological polar surface area (TPSA) is 80.1 Å². The minimum Gasteiger partial charge on any atom is -0.352 e. The Kier molecular flexibility index (Phi) is 5.29. The molecule has 0 bridgehead atoms. The van der Waals surface area contributed by atoms with E-state index >= 15 is 0 Å². The van der Waals surface area contributed by atoms with E-state index < -0.39 is 11.7 Å². The summed E-state index contributed by atoms with van der Waals surface area (Å²) in [4.78, 5) is 30.1. The lowest BCUT2D eigenvalue weighted by Crippen LogP contribution is -2.46. The van der Waals surface area contributed by atoms with Gasteiger partial charge in [-0.15, -0.1) is 0 Å². The molecule has 138 valence electrons. The summed E-state index contributed by atoms with van der Waals surface area (Å²) < 4.78 is 15.4. The first-order valence-electron chi connectivity index (χ1n) is 8.67. The Balaban J connectivity index is 1.77. The molecule has 1 aliphatic heterocycles. The standard InChI is InChI=1S/C18H22FN5O2/c1-3-24-16(25)5-4-12(17(24)13-9-22-23(2)11-13)8-21-18(26)14-6-7-20-10-15(14)19/h6-7,9-12,17H,3-5,8H2,1-2H3,(H,21,26)/t12-,17+/m1/s1. The van der Waals surface area contributed by atoms with Crippen LogP contribution in [0.5, 0.6) is 0 Å². The molecule has 8 heteroatoms. The highest BCUT2D eigenvalue weighted by molar-refractivity contribution is 5.94. The molecule has 0 aliphatic carbocycles. The molecule has 3 heterocycles. The van der Waals surface area contributed by atoms with Gasteiger partial charge >= 0.3 is 0 Å². The molecule has 0 aromatic carbocycles. The normalized spacial score (nSPS) is 20.3. The van der Waals surface area contributed by atoms with Crippen molar-refractivity contribution < 1.29 is 14.0 Å². The number of nitrogens with one attached hydrogen (secondary N) is 1. The number of pyridine rings is 1. The Morgan fingerprint density at radius 2 is 2.23 bits per heavy atom. The van der Waals surface area contributed by atoms with Crippen molar-refractivity contribution in [2.24, 2.45) is 13.0 Å². The molecule has 2 atom stereocenters. The number of likely N-dealkylation sites (tertiary alicyclic amines) is 1. The lowest BCUT2D eigenvalue weighted by atomic mass is 9.85. The first kappa shape index (κ1) is 18.0. The SMILES string of the molecule is CCN1C(=O)CC[C@H](CNC(=O)c2ccncc2F)[C@H]1c1cnn(C)c1. The number of carbonyl (C=O) groups is 2. The number of amides is 2. The van der Waals surface area contributed by atoms with E-state index in [-0.39, 0.29) is 23.4 Å². The maximum absolute atomic E-state index is 13.7. The fraction of sp³-hybridized carbons (Fsp3) is 0.444. The van der Waals surface area contributed by atoms with E-state index in [2.05, 4.69) is 15.4 Å². The van der Waals surface area contributed by atoms with Gasteiger partial charge in [-0.3, -0.25) is 19.3 Å². The van der Waals surface area contributed by atoms with Crippen LogP contribution < -0.4 is 5.32 Å². The minimum absolute atomic E-state index is 0.0304. The molecule has 1 saturated heterocycles. The molecule has 7 nitrogen and oxygen atoms in total. The Morgan fingerprint density at radius 1 is 1.42 bits per heavy atom. The van der Waals surface area contributed by atoms with Crippen LogP contribution in [0.4, 0.5) is 4.39 Å². The Morgan fingerprint density at radius 3 is 2.88 bits per heavy atom. The van der Waals surface area contributed by atoms with Crippen LogP contribution in [0.25, 0.3) is 0 Å². The molecular weight excluding hydrogens is 337 g/mol. The first-order valence-corrected chi connectivity index (χ1v) is 8.67. The number of hydrogen-bond acceptors (Lipinski definition) is 4. The number of rotatable bonds is 5. The predicted molar refractivity (Wildman–Crippen MR) is 92.6 cm³/mol. The number of aryl methyl sites for hydroxylation is 1. The van der Waals surface area contributed by atoms with Crippen molar-refractivity contribution in [3.63, 3.8) is 0 Å². The molecule has 0 radical (unpaired) electrons. The molecule has 2 amide bonds. The summed E-state index contributed by atoms with van der Waals surface area (Å²) in [5.74, 6) is -0.993. The highest BCUT2D eigenvalue weighted by Crippen LogP contribution is 2.36. The Hall–Kier alpha value is -2.77. The molecule has 0 unspecified atom stereocenters. The summed E-state index contributed by atoms with van der Waals surface area (Å²) in [6, 6.07) is 1.20. The van der Waals surface area contributed by atoms with Crippen LogP contribution in [0.3, 0.4) is 0 Å². The average molecular weight is 359 g/mol. The van der Waals surface area contributed by atoms with Crippen molar-refractivity contribution >= 4 is 11.8 Å². The van der Waals surface area contributed by atoms with Crippen molar-refractivity contribution in [1.29, 1.82) is 0 Å². The van der Waals surface area contributed by atoms with Crippen LogP contribution in [0.15, 0.2) is 30.9 Å². The van der Waals surface area contributed by atoms with E-state index in [1.807, 2.05) is 25.1 Å². The van der Waals surface area contributed by atoms with Gasteiger partial charge in [0.15, 0.2) is 5.82 Å². The van der Waals surface area contributed by atoms with Crippen molar-refractivity contribution in [2.45, 2.75) is 25.8 Å². The van der Waals surface area contributed by atoms with Crippen molar-refractivity contribution in [3.8, 4) is 0 Å². The minimum atomic E-state index is -0.650. The molecule has 1 N–H and O–H groups in total. The van der Waals surface area contributed by atoms with Crippen molar-refractivity contribution in [2.75, 3.05) is 13.1 Å². The van der Waals surface area contributed by atoms with E-state index in [4.69, 9.17) is 0 Å². The van der Waals surface area contributed by atoms with Crippen LogP contribution in [0.2, 0.25) is 0 Å². The first-order chi connectivity index (χ1) is 12.5. The second-order valence-electron chi connectivity index (χ2n) is 6.44. The third-order valence-corrected chi connectivity index (χ3v) is 4.78. The molecule has 1 fully saturated rings. The molecule has 26 heavy (non-hydrogen) atoms. The Bertz CT molecular complexity index is 806. The van der Waals surface area contributed by atoms with Gasteiger partial charge in [-0.2, -0.15) is 5.10 Å². The van der Waals surface area contributed by atoms with Crippen LogP contribution in [-0.4, -0.2) is 44.6 Å². The molecule has 0 saturated carbocycles. The molecule has 2 aromatic rings. The number of piperidine rings is 1. The average Bonchev–Trinajstić information content (AvgIpc) is 3.06. The number of aromatic nitrogens is 3. The lowest BCUT2D eigenvalue weighted by Gasteiger charge is -2.40. The predicted octanol–water partition coefficient (Wildman–Crippen LogP) is 1.68. The van der Waals surface area contributed by atoms with Gasteiger partial charge < -0.3 is 10.2 Å². The number of hydrogen-bond donors (Lipinski definition) is 1. The zero-order valence-electron chi connectivity index (χ0n) is 14.9. The van der Waals surface area contributed by atoms with Gasteiger partial charge in [-0.1, -0.05) is 0 Å². The van der Waals surface area contributed by atoms with Crippen LogP contribution >= 0.6 is 0 Å². The molecule has 2 aromatic heterocycles. The fourth-order valence-corrected chi connectivity index (χ4v) is 3.53. The summed E-state index contributed by atoms with van der Waals surface area (Å²) in [6.07, 6.45) is 7.15. The van der Waals surface area contributed by atoms with E-state index in [0.717, 1.165) is 11.8 Å². The van der Waals surface area contributed by atoms with Crippen molar-refractivity contribution in [1.82, 2.24) is 25.0 Å².